The Morgan fingerprint density at radius 1 is 0.927 bits per heavy atom. The molecule has 4 aromatic rings. The van der Waals surface area contributed by atoms with Gasteiger partial charge in [-0.25, -0.2) is 9.59 Å². The fourth-order valence-corrected chi connectivity index (χ4v) is 5.72. The zero-order valence-electron chi connectivity index (χ0n) is 21.8. The summed E-state index contributed by atoms with van der Waals surface area (Å²) >= 11 is 2.52. The highest BCUT2D eigenvalue weighted by atomic mass is 32.2. The average molecular weight is 586 g/mol. The lowest BCUT2D eigenvalue weighted by molar-refractivity contribution is -0.115. The number of rotatable bonds is 9. The number of hydrogen-bond donors (Lipinski definition) is 4. The standard InChI is InChI=1S/C30H23N3O6S2/c1-16-6-8-18(9-7-16)25-15-40-28(24(25)14-31)33-26(34)17(2)41-21-5-3-4-20(13-21)32-27(35)22-11-10-19(29(36)37)12-23(22)30(38)39/h3-13,15,17H,1-2H3,(H,32,35)(H,33,34)(H,36,37)(H,38,39). The van der Waals surface area contributed by atoms with Crippen LogP contribution in [-0.2, 0) is 4.79 Å². The Balaban J connectivity index is 1.45. The number of carboxylic acid groups (broad SMARTS) is 2. The predicted molar refractivity (Wildman–Crippen MR) is 158 cm³/mol. The Bertz CT molecular complexity index is 1710. The van der Waals surface area contributed by atoms with Crippen molar-refractivity contribution in [2.45, 2.75) is 24.0 Å². The van der Waals surface area contributed by atoms with Gasteiger partial charge < -0.3 is 20.8 Å². The van der Waals surface area contributed by atoms with E-state index < -0.39 is 28.7 Å². The van der Waals surface area contributed by atoms with Crippen LogP contribution in [-0.4, -0.2) is 39.2 Å². The van der Waals surface area contributed by atoms with E-state index in [1.165, 1.54) is 23.1 Å². The molecule has 1 heterocycles. The molecule has 0 spiro atoms. The number of aromatic carboxylic acids is 2. The zero-order valence-corrected chi connectivity index (χ0v) is 23.4. The minimum Gasteiger partial charge on any atom is -0.478 e. The molecule has 3 aromatic carbocycles. The Kier molecular flexibility index (Phi) is 8.87. The van der Waals surface area contributed by atoms with Gasteiger partial charge in [-0.2, -0.15) is 5.26 Å². The van der Waals surface area contributed by atoms with Gasteiger partial charge in [0.25, 0.3) is 5.91 Å². The second-order valence-electron chi connectivity index (χ2n) is 8.93. The van der Waals surface area contributed by atoms with E-state index in [0.717, 1.165) is 34.9 Å². The Labute approximate surface area is 243 Å². The summed E-state index contributed by atoms with van der Waals surface area (Å²) in [5.74, 6) is -3.77. The summed E-state index contributed by atoms with van der Waals surface area (Å²) in [5.41, 5.74) is 2.62. The summed E-state index contributed by atoms with van der Waals surface area (Å²) in [6.07, 6.45) is 0. The number of thioether (sulfide) groups is 1. The van der Waals surface area contributed by atoms with Gasteiger partial charge in [0.2, 0.25) is 5.91 Å². The molecule has 0 saturated heterocycles. The first-order valence-electron chi connectivity index (χ1n) is 12.2. The third kappa shape index (κ3) is 6.81. The topological polar surface area (TPSA) is 157 Å². The third-order valence-corrected chi connectivity index (χ3v) is 8.01. The molecule has 0 aliphatic carbocycles. The number of carboxylic acids is 2. The molecule has 0 aliphatic heterocycles. The maximum absolute atomic E-state index is 13.0. The number of benzene rings is 3. The van der Waals surface area contributed by atoms with Crippen molar-refractivity contribution in [1.82, 2.24) is 0 Å². The summed E-state index contributed by atoms with van der Waals surface area (Å²) in [5, 5.41) is 35.6. The minimum atomic E-state index is -1.43. The number of anilines is 2. The fourth-order valence-electron chi connectivity index (χ4n) is 3.88. The van der Waals surface area contributed by atoms with Gasteiger partial charge in [0.1, 0.15) is 11.1 Å². The van der Waals surface area contributed by atoms with Crippen molar-refractivity contribution < 1.29 is 29.4 Å². The molecule has 0 aliphatic rings. The SMILES string of the molecule is Cc1ccc(-c2csc(NC(=O)C(C)Sc3cccc(NC(=O)c4ccc(C(=O)O)cc4C(=O)O)c3)c2C#N)cc1. The van der Waals surface area contributed by atoms with Crippen LogP contribution in [0.4, 0.5) is 10.7 Å². The van der Waals surface area contributed by atoms with E-state index in [9.17, 15) is 29.5 Å². The van der Waals surface area contributed by atoms with Gasteiger partial charge in [-0.1, -0.05) is 35.9 Å². The van der Waals surface area contributed by atoms with Crippen molar-refractivity contribution in [2.75, 3.05) is 10.6 Å². The molecule has 206 valence electrons. The van der Waals surface area contributed by atoms with Crippen LogP contribution >= 0.6 is 23.1 Å². The first kappa shape index (κ1) is 29.1. The van der Waals surface area contributed by atoms with E-state index in [0.29, 0.717) is 21.1 Å². The van der Waals surface area contributed by atoms with E-state index in [2.05, 4.69) is 16.7 Å². The van der Waals surface area contributed by atoms with Gasteiger partial charge in [-0.15, -0.1) is 23.1 Å². The van der Waals surface area contributed by atoms with Crippen LogP contribution in [0.5, 0.6) is 0 Å². The molecular formula is C30H23N3O6S2. The molecule has 41 heavy (non-hydrogen) atoms. The molecule has 1 aromatic heterocycles. The van der Waals surface area contributed by atoms with Gasteiger partial charge in [-0.3, -0.25) is 9.59 Å². The molecule has 4 rings (SSSR count). The summed E-state index contributed by atoms with van der Waals surface area (Å²) in [4.78, 5) is 49.3. The fraction of sp³-hybridized carbons (Fsp3) is 0.100. The predicted octanol–water partition coefficient (Wildman–Crippen LogP) is 6.36. The number of amides is 2. The number of hydrogen-bond acceptors (Lipinski definition) is 7. The zero-order chi connectivity index (χ0) is 29.7. The summed E-state index contributed by atoms with van der Waals surface area (Å²) in [6, 6.07) is 19.9. The highest BCUT2D eigenvalue weighted by molar-refractivity contribution is 8.00. The number of thiophene rings is 1. The monoisotopic (exact) mass is 585 g/mol. The molecule has 0 saturated carbocycles. The molecule has 1 unspecified atom stereocenters. The number of nitrogens with one attached hydrogen (secondary N) is 2. The van der Waals surface area contributed by atoms with Crippen molar-refractivity contribution in [2.24, 2.45) is 0 Å². The first-order valence-corrected chi connectivity index (χ1v) is 13.9. The van der Waals surface area contributed by atoms with E-state index in [-0.39, 0.29) is 17.0 Å². The second-order valence-corrected chi connectivity index (χ2v) is 11.2. The Morgan fingerprint density at radius 2 is 1.66 bits per heavy atom. The Hall–Kier alpha value is -4.92. The lowest BCUT2D eigenvalue weighted by atomic mass is 10.0. The quantitative estimate of drug-likeness (QED) is 0.165. The number of carbonyl (C=O) groups is 4. The minimum absolute atomic E-state index is 0.192. The van der Waals surface area contributed by atoms with Gasteiger partial charge >= 0.3 is 11.9 Å². The number of carbonyl (C=O) groups excluding carboxylic acids is 2. The summed E-state index contributed by atoms with van der Waals surface area (Å²) in [6.45, 7) is 3.70. The lowest BCUT2D eigenvalue weighted by Gasteiger charge is -2.13. The van der Waals surface area contributed by atoms with E-state index >= 15 is 0 Å². The second kappa shape index (κ2) is 12.5. The summed E-state index contributed by atoms with van der Waals surface area (Å²) in [7, 11) is 0. The van der Waals surface area contributed by atoms with Crippen LogP contribution in [0.25, 0.3) is 11.1 Å². The van der Waals surface area contributed by atoms with Gasteiger partial charge in [-0.05, 0) is 55.8 Å². The molecule has 1 atom stereocenters. The molecule has 2 amide bonds. The van der Waals surface area contributed by atoms with Crippen LogP contribution in [0, 0.1) is 18.3 Å². The normalized spacial score (nSPS) is 11.2. The smallest absolute Gasteiger partial charge is 0.336 e. The van der Waals surface area contributed by atoms with Crippen molar-refractivity contribution >= 4 is 57.5 Å². The number of aryl methyl sites for hydroxylation is 1. The van der Waals surface area contributed by atoms with Crippen molar-refractivity contribution in [3.8, 4) is 17.2 Å². The van der Waals surface area contributed by atoms with E-state index in [1.54, 1.807) is 31.2 Å². The van der Waals surface area contributed by atoms with Crippen molar-refractivity contribution in [3.63, 3.8) is 0 Å². The molecule has 0 fully saturated rings. The highest BCUT2D eigenvalue weighted by Gasteiger charge is 2.21. The van der Waals surface area contributed by atoms with E-state index in [4.69, 9.17) is 5.11 Å². The molecular weight excluding hydrogens is 562 g/mol. The lowest BCUT2D eigenvalue weighted by Crippen LogP contribution is -2.22. The van der Waals surface area contributed by atoms with Crippen LogP contribution < -0.4 is 10.6 Å². The van der Waals surface area contributed by atoms with Gasteiger partial charge in [0.05, 0.1) is 27.5 Å². The van der Waals surface area contributed by atoms with Crippen molar-refractivity contribution in [3.05, 3.63) is 99.9 Å². The van der Waals surface area contributed by atoms with Crippen LogP contribution in [0.15, 0.2) is 77.0 Å². The third-order valence-electron chi connectivity index (χ3n) is 6.02. The number of nitrogens with zero attached hydrogens (tertiary/aromatic N) is 1. The molecule has 0 bridgehead atoms. The molecule has 0 radical (unpaired) electrons. The molecule has 4 N–H and O–H groups in total. The van der Waals surface area contributed by atoms with Crippen LogP contribution in [0.3, 0.4) is 0 Å². The number of nitriles is 1. The summed E-state index contributed by atoms with van der Waals surface area (Å²) < 4.78 is 0. The largest absolute Gasteiger partial charge is 0.478 e. The van der Waals surface area contributed by atoms with Gasteiger partial charge in [0.15, 0.2) is 0 Å². The first-order chi connectivity index (χ1) is 19.6. The molecule has 9 nitrogen and oxygen atoms in total. The average Bonchev–Trinajstić information content (AvgIpc) is 3.35. The highest BCUT2D eigenvalue weighted by Crippen LogP contribution is 2.36. The maximum Gasteiger partial charge on any atom is 0.336 e. The molecule has 11 heteroatoms. The van der Waals surface area contributed by atoms with Gasteiger partial charge in [0, 0.05) is 21.5 Å². The van der Waals surface area contributed by atoms with E-state index in [1.807, 2.05) is 36.6 Å². The van der Waals surface area contributed by atoms with Crippen LogP contribution in [0.1, 0.15) is 49.1 Å². The van der Waals surface area contributed by atoms with Crippen LogP contribution in [0.2, 0.25) is 0 Å². The van der Waals surface area contributed by atoms with Crippen molar-refractivity contribution in [1.29, 1.82) is 5.26 Å². The maximum atomic E-state index is 13.0. The Morgan fingerprint density at radius 3 is 2.32 bits per heavy atom.